The van der Waals surface area contributed by atoms with Crippen LogP contribution in [-0.2, 0) is 9.53 Å². The molecule has 0 bridgehead atoms. The quantitative estimate of drug-likeness (QED) is 0.739. The standard InChI is InChI=1S/C15H26N2O4/c1-21-13-5-3-2-4-12(13)17-15(20)16-11-8-6-10(7-9-11)14(18)19/h10-13H,2-9H2,1H3,(H,18,19)(H2,16,17,20)/t10?,11?,12-,13-/m1/s1. The van der Waals surface area contributed by atoms with Gasteiger partial charge in [-0.05, 0) is 38.5 Å². The molecule has 2 atom stereocenters. The Kier molecular flexibility index (Phi) is 5.85. The van der Waals surface area contributed by atoms with Crippen LogP contribution in [0.1, 0.15) is 51.4 Å². The van der Waals surface area contributed by atoms with Gasteiger partial charge in [-0.15, -0.1) is 0 Å². The van der Waals surface area contributed by atoms with E-state index in [2.05, 4.69) is 10.6 Å². The highest BCUT2D eigenvalue weighted by Gasteiger charge is 2.29. The molecule has 6 nitrogen and oxygen atoms in total. The van der Waals surface area contributed by atoms with E-state index in [9.17, 15) is 9.59 Å². The maximum Gasteiger partial charge on any atom is 0.315 e. The average Bonchev–Trinajstić information content (AvgIpc) is 2.48. The van der Waals surface area contributed by atoms with Crippen molar-refractivity contribution >= 4 is 12.0 Å². The van der Waals surface area contributed by atoms with Crippen molar-refractivity contribution in [2.45, 2.75) is 69.6 Å². The number of carbonyl (C=O) groups is 2. The molecule has 2 rings (SSSR count). The minimum Gasteiger partial charge on any atom is -0.481 e. The number of rotatable bonds is 4. The number of ether oxygens (including phenoxy) is 1. The SMILES string of the molecule is CO[C@@H]1CCCC[C@H]1NC(=O)NC1CCC(C(=O)O)CC1. The smallest absolute Gasteiger partial charge is 0.315 e. The largest absolute Gasteiger partial charge is 0.481 e. The lowest BCUT2D eigenvalue weighted by Crippen LogP contribution is -2.52. The molecule has 21 heavy (non-hydrogen) atoms. The number of carbonyl (C=O) groups excluding carboxylic acids is 1. The van der Waals surface area contributed by atoms with Crippen LogP contribution in [0.5, 0.6) is 0 Å². The number of aliphatic carboxylic acids is 1. The maximum absolute atomic E-state index is 12.1. The second-order valence-corrected chi connectivity index (χ2v) is 6.17. The Hall–Kier alpha value is -1.30. The van der Waals surface area contributed by atoms with E-state index in [0.29, 0.717) is 12.8 Å². The Morgan fingerprint density at radius 1 is 1.00 bits per heavy atom. The van der Waals surface area contributed by atoms with Crippen molar-refractivity contribution in [3.63, 3.8) is 0 Å². The summed E-state index contributed by atoms with van der Waals surface area (Å²) in [6, 6.07) is 0.0204. The molecule has 0 unspecified atom stereocenters. The van der Waals surface area contributed by atoms with E-state index in [0.717, 1.165) is 38.5 Å². The zero-order valence-corrected chi connectivity index (χ0v) is 12.6. The lowest BCUT2D eigenvalue weighted by Gasteiger charge is -2.32. The van der Waals surface area contributed by atoms with E-state index >= 15 is 0 Å². The zero-order chi connectivity index (χ0) is 15.2. The van der Waals surface area contributed by atoms with Crippen molar-refractivity contribution in [2.24, 2.45) is 5.92 Å². The molecule has 2 aliphatic rings. The summed E-state index contributed by atoms with van der Waals surface area (Å²) in [7, 11) is 1.69. The number of nitrogens with one attached hydrogen (secondary N) is 2. The van der Waals surface area contributed by atoms with E-state index in [1.807, 2.05) is 0 Å². The molecule has 0 radical (unpaired) electrons. The summed E-state index contributed by atoms with van der Waals surface area (Å²) in [6.45, 7) is 0. The molecule has 2 aliphatic carbocycles. The predicted molar refractivity (Wildman–Crippen MR) is 78.1 cm³/mol. The third-order valence-electron chi connectivity index (χ3n) is 4.73. The van der Waals surface area contributed by atoms with Gasteiger partial charge in [0.1, 0.15) is 0 Å². The van der Waals surface area contributed by atoms with Crippen molar-refractivity contribution in [3.8, 4) is 0 Å². The van der Waals surface area contributed by atoms with Gasteiger partial charge in [0.2, 0.25) is 0 Å². The molecular weight excluding hydrogens is 272 g/mol. The fourth-order valence-corrected chi connectivity index (χ4v) is 3.42. The summed E-state index contributed by atoms with van der Waals surface area (Å²) >= 11 is 0. The predicted octanol–water partition coefficient (Wildman–Crippen LogP) is 1.89. The van der Waals surface area contributed by atoms with Crippen LogP contribution in [-0.4, -0.2) is 42.4 Å². The normalized spacial score (nSPS) is 33.2. The van der Waals surface area contributed by atoms with Crippen LogP contribution in [0.3, 0.4) is 0 Å². The maximum atomic E-state index is 12.1. The molecule has 2 amide bonds. The first-order chi connectivity index (χ1) is 10.1. The van der Waals surface area contributed by atoms with E-state index in [1.54, 1.807) is 7.11 Å². The Morgan fingerprint density at radius 3 is 2.29 bits per heavy atom. The molecule has 2 fully saturated rings. The molecule has 0 aromatic carbocycles. The van der Waals surface area contributed by atoms with Crippen LogP contribution < -0.4 is 10.6 Å². The number of carboxylic acid groups (broad SMARTS) is 1. The number of urea groups is 1. The number of methoxy groups -OCH3 is 1. The Morgan fingerprint density at radius 2 is 1.67 bits per heavy atom. The van der Waals surface area contributed by atoms with Crippen LogP contribution in [0, 0.1) is 5.92 Å². The van der Waals surface area contributed by atoms with E-state index in [-0.39, 0.29) is 30.1 Å². The average molecular weight is 298 g/mol. The zero-order valence-electron chi connectivity index (χ0n) is 12.6. The molecule has 0 saturated heterocycles. The molecule has 0 aromatic rings. The molecule has 0 aromatic heterocycles. The Labute approximate surface area is 125 Å². The van der Waals surface area contributed by atoms with Crippen molar-refractivity contribution in [3.05, 3.63) is 0 Å². The minimum absolute atomic E-state index is 0.0825. The van der Waals surface area contributed by atoms with Gasteiger partial charge in [-0.2, -0.15) is 0 Å². The van der Waals surface area contributed by atoms with Crippen LogP contribution in [0.4, 0.5) is 4.79 Å². The van der Waals surface area contributed by atoms with Gasteiger partial charge in [0, 0.05) is 13.2 Å². The van der Waals surface area contributed by atoms with Gasteiger partial charge in [0.05, 0.1) is 18.1 Å². The number of amides is 2. The van der Waals surface area contributed by atoms with E-state index in [1.165, 1.54) is 0 Å². The molecule has 2 saturated carbocycles. The van der Waals surface area contributed by atoms with Gasteiger partial charge >= 0.3 is 12.0 Å². The fourth-order valence-electron chi connectivity index (χ4n) is 3.42. The van der Waals surface area contributed by atoms with Gasteiger partial charge in [-0.3, -0.25) is 4.79 Å². The molecule has 120 valence electrons. The van der Waals surface area contributed by atoms with Crippen LogP contribution >= 0.6 is 0 Å². The number of hydrogen-bond acceptors (Lipinski definition) is 3. The molecule has 0 aliphatic heterocycles. The van der Waals surface area contributed by atoms with Crippen LogP contribution in [0.15, 0.2) is 0 Å². The van der Waals surface area contributed by atoms with E-state index < -0.39 is 5.97 Å². The first-order valence-corrected chi connectivity index (χ1v) is 7.92. The number of carboxylic acids is 1. The van der Waals surface area contributed by atoms with Crippen LogP contribution in [0.2, 0.25) is 0 Å². The molecule has 0 heterocycles. The molecule has 3 N–H and O–H groups in total. The first kappa shape index (κ1) is 16.1. The molecular formula is C15H26N2O4. The van der Waals surface area contributed by atoms with E-state index in [4.69, 9.17) is 9.84 Å². The second kappa shape index (κ2) is 7.64. The highest BCUT2D eigenvalue weighted by Crippen LogP contribution is 2.24. The second-order valence-electron chi connectivity index (χ2n) is 6.17. The summed E-state index contributed by atoms with van der Waals surface area (Å²) in [5, 5.41) is 14.9. The van der Waals surface area contributed by atoms with Crippen molar-refractivity contribution in [2.75, 3.05) is 7.11 Å². The third kappa shape index (κ3) is 4.59. The van der Waals surface area contributed by atoms with Gasteiger partial charge in [-0.1, -0.05) is 12.8 Å². The van der Waals surface area contributed by atoms with Crippen LogP contribution in [0.25, 0.3) is 0 Å². The molecule has 0 spiro atoms. The van der Waals surface area contributed by atoms with Gasteiger partial charge in [-0.25, -0.2) is 4.79 Å². The summed E-state index contributed by atoms with van der Waals surface area (Å²) < 4.78 is 5.43. The summed E-state index contributed by atoms with van der Waals surface area (Å²) in [5.41, 5.74) is 0. The Bertz CT molecular complexity index is 367. The lowest BCUT2D eigenvalue weighted by molar-refractivity contribution is -0.142. The molecule has 6 heteroatoms. The Balaban J connectivity index is 1.73. The van der Waals surface area contributed by atoms with Crippen molar-refractivity contribution < 1.29 is 19.4 Å². The summed E-state index contributed by atoms with van der Waals surface area (Å²) in [4.78, 5) is 23.0. The topological polar surface area (TPSA) is 87.7 Å². The van der Waals surface area contributed by atoms with Gasteiger partial charge in [0.15, 0.2) is 0 Å². The third-order valence-corrected chi connectivity index (χ3v) is 4.73. The fraction of sp³-hybridized carbons (Fsp3) is 0.867. The number of hydrogen-bond donors (Lipinski definition) is 3. The minimum atomic E-state index is -0.719. The van der Waals surface area contributed by atoms with Gasteiger partial charge in [0.25, 0.3) is 0 Å². The summed E-state index contributed by atoms with van der Waals surface area (Å²) in [5.74, 6) is -0.967. The van der Waals surface area contributed by atoms with Crippen molar-refractivity contribution in [1.29, 1.82) is 0 Å². The monoisotopic (exact) mass is 298 g/mol. The van der Waals surface area contributed by atoms with Crippen molar-refractivity contribution in [1.82, 2.24) is 10.6 Å². The lowest BCUT2D eigenvalue weighted by atomic mass is 9.86. The van der Waals surface area contributed by atoms with Gasteiger partial charge < -0.3 is 20.5 Å². The first-order valence-electron chi connectivity index (χ1n) is 7.92. The highest BCUT2D eigenvalue weighted by molar-refractivity contribution is 5.75. The summed E-state index contributed by atoms with van der Waals surface area (Å²) in [6.07, 6.45) is 7.09. The highest BCUT2D eigenvalue weighted by atomic mass is 16.5.